The van der Waals surface area contributed by atoms with Gasteiger partial charge in [-0.3, -0.25) is 9.59 Å². The summed E-state index contributed by atoms with van der Waals surface area (Å²) < 4.78 is 12.6. The van der Waals surface area contributed by atoms with E-state index < -0.39 is 5.97 Å². The van der Waals surface area contributed by atoms with Gasteiger partial charge in [-0.05, 0) is 43.2 Å². The second-order valence-corrected chi connectivity index (χ2v) is 7.50. The number of hydrogen-bond acceptors (Lipinski definition) is 5. The molecule has 0 unspecified atom stereocenters. The van der Waals surface area contributed by atoms with Crippen LogP contribution >= 0.6 is 11.3 Å². The van der Waals surface area contributed by atoms with E-state index in [1.54, 1.807) is 11.7 Å². The van der Waals surface area contributed by atoms with Crippen LogP contribution in [0.5, 0.6) is 5.75 Å². The lowest BCUT2D eigenvalue weighted by molar-refractivity contribution is -0.141. The fraction of sp³-hybridized carbons (Fsp3) is 0.286. The molecule has 0 aliphatic heterocycles. The summed E-state index contributed by atoms with van der Waals surface area (Å²) in [5.41, 5.74) is 3.96. The van der Waals surface area contributed by atoms with Crippen LogP contribution in [0, 0.1) is 13.8 Å². The predicted octanol–water partition coefficient (Wildman–Crippen LogP) is 3.17. The third-order valence-corrected chi connectivity index (χ3v) is 5.51. The highest BCUT2D eigenvalue weighted by Gasteiger charge is 2.13. The van der Waals surface area contributed by atoms with E-state index in [-0.39, 0.29) is 18.9 Å². The molecule has 1 amide bonds. The SMILES string of the molecule is COC(=O)Cn1c(=NC(=O)Cc2ccc(C)cc2C)sc2cc(OC)ccc21. The summed E-state index contributed by atoms with van der Waals surface area (Å²) >= 11 is 1.34. The quantitative estimate of drug-likeness (QED) is 0.619. The molecule has 1 heterocycles. The summed E-state index contributed by atoms with van der Waals surface area (Å²) in [5, 5.41) is 0. The van der Waals surface area contributed by atoms with E-state index in [0.29, 0.717) is 10.6 Å². The molecule has 6 nitrogen and oxygen atoms in total. The van der Waals surface area contributed by atoms with Crippen molar-refractivity contribution in [3.63, 3.8) is 0 Å². The molecule has 2 aromatic carbocycles. The lowest BCUT2D eigenvalue weighted by Gasteiger charge is -2.05. The molecule has 7 heteroatoms. The van der Waals surface area contributed by atoms with Gasteiger partial charge in [-0.1, -0.05) is 35.1 Å². The van der Waals surface area contributed by atoms with Crippen molar-refractivity contribution >= 4 is 33.4 Å². The topological polar surface area (TPSA) is 69.9 Å². The number of hydrogen-bond donors (Lipinski definition) is 0. The lowest BCUT2D eigenvalue weighted by Crippen LogP contribution is -2.22. The average Bonchev–Trinajstić information content (AvgIpc) is 2.99. The summed E-state index contributed by atoms with van der Waals surface area (Å²) in [5.74, 6) is 0.0370. The van der Waals surface area contributed by atoms with E-state index in [4.69, 9.17) is 9.47 Å². The van der Waals surface area contributed by atoms with Gasteiger partial charge < -0.3 is 14.0 Å². The fourth-order valence-corrected chi connectivity index (χ4v) is 4.04. The third kappa shape index (κ3) is 4.31. The average molecular weight is 398 g/mol. The van der Waals surface area contributed by atoms with E-state index in [1.807, 2.05) is 50.2 Å². The molecule has 0 fully saturated rings. The Morgan fingerprint density at radius 1 is 1.11 bits per heavy atom. The predicted molar refractivity (Wildman–Crippen MR) is 109 cm³/mol. The number of aryl methyl sites for hydroxylation is 2. The van der Waals surface area contributed by atoms with Crippen LogP contribution in [0.15, 0.2) is 41.4 Å². The summed E-state index contributed by atoms with van der Waals surface area (Å²) in [6.45, 7) is 3.99. The number of rotatable bonds is 5. The molecule has 0 bridgehead atoms. The maximum absolute atomic E-state index is 12.6. The van der Waals surface area contributed by atoms with Gasteiger partial charge >= 0.3 is 5.97 Å². The largest absolute Gasteiger partial charge is 0.497 e. The van der Waals surface area contributed by atoms with Crippen molar-refractivity contribution in [3.8, 4) is 5.75 Å². The first-order chi connectivity index (χ1) is 13.4. The smallest absolute Gasteiger partial charge is 0.325 e. The first-order valence-corrected chi connectivity index (χ1v) is 9.61. The summed E-state index contributed by atoms with van der Waals surface area (Å²) in [6.07, 6.45) is 0.210. The number of aromatic nitrogens is 1. The van der Waals surface area contributed by atoms with E-state index in [1.165, 1.54) is 18.4 Å². The highest BCUT2D eigenvalue weighted by atomic mass is 32.1. The van der Waals surface area contributed by atoms with Crippen LogP contribution in [0.2, 0.25) is 0 Å². The lowest BCUT2D eigenvalue weighted by atomic mass is 10.0. The molecule has 0 aliphatic carbocycles. The molecule has 28 heavy (non-hydrogen) atoms. The number of carbonyl (C=O) groups is 2. The molecule has 1 aromatic heterocycles. The number of thiazole rings is 1. The summed E-state index contributed by atoms with van der Waals surface area (Å²) in [7, 11) is 2.93. The molecule has 0 saturated heterocycles. The van der Waals surface area contributed by atoms with Gasteiger partial charge in [0.25, 0.3) is 5.91 Å². The van der Waals surface area contributed by atoms with Gasteiger partial charge in [0.1, 0.15) is 12.3 Å². The number of amides is 1. The van der Waals surface area contributed by atoms with Gasteiger partial charge in [-0.15, -0.1) is 0 Å². The zero-order valence-electron chi connectivity index (χ0n) is 16.3. The molecule has 3 aromatic rings. The number of fused-ring (bicyclic) bond motifs is 1. The monoisotopic (exact) mass is 398 g/mol. The van der Waals surface area contributed by atoms with Crippen molar-refractivity contribution in [1.82, 2.24) is 4.57 Å². The molecular weight excluding hydrogens is 376 g/mol. The third-order valence-electron chi connectivity index (χ3n) is 4.46. The molecule has 0 saturated carbocycles. The Morgan fingerprint density at radius 3 is 2.57 bits per heavy atom. The molecule has 0 radical (unpaired) electrons. The van der Waals surface area contributed by atoms with Crippen LogP contribution in [-0.2, 0) is 27.3 Å². The maximum Gasteiger partial charge on any atom is 0.325 e. The Kier molecular flexibility index (Phi) is 5.94. The standard InChI is InChI=1S/C21H22N2O4S/c1-13-5-6-15(14(2)9-13)10-19(24)22-21-23(12-20(25)27-4)17-8-7-16(26-3)11-18(17)28-21/h5-9,11H,10,12H2,1-4H3. The van der Waals surface area contributed by atoms with Crippen molar-refractivity contribution in [2.75, 3.05) is 14.2 Å². The molecule has 0 spiro atoms. The van der Waals surface area contributed by atoms with Crippen molar-refractivity contribution in [3.05, 3.63) is 57.9 Å². The Balaban J connectivity index is 2.02. The fourth-order valence-electron chi connectivity index (χ4n) is 2.97. The molecule has 3 rings (SSSR count). The van der Waals surface area contributed by atoms with Crippen LogP contribution in [0.3, 0.4) is 0 Å². The zero-order valence-corrected chi connectivity index (χ0v) is 17.1. The van der Waals surface area contributed by atoms with Crippen molar-refractivity contribution in [1.29, 1.82) is 0 Å². The van der Waals surface area contributed by atoms with Crippen LogP contribution in [0.25, 0.3) is 10.2 Å². The molecule has 146 valence electrons. The number of carbonyl (C=O) groups excluding carboxylic acids is 2. The van der Waals surface area contributed by atoms with Crippen molar-refractivity contribution in [2.24, 2.45) is 4.99 Å². The normalized spacial score (nSPS) is 11.6. The van der Waals surface area contributed by atoms with E-state index in [2.05, 4.69) is 4.99 Å². The van der Waals surface area contributed by atoms with Gasteiger partial charge in [-0.25, -0.2) is 0 Å². The maximum atomic E-state index is 12.6. The van der Waals surface area contributed by atoms with Gasteiger partial charge in [0.2, 0.25) is 0 Å². The number of ether oxygens (including phenoxy) is 2. The zero-order chi connectivity index (χ0) is 20.3. The second-order valence-electron chi connectivity index (χ2n) is 6.49. The minimum Gasteiger partial charge on any atom is -0.497 e. The Hall–Kier alpha value is -2.93. The Labute approximate surface area is 167 Å². The van der Waals surface area contributed by atoms with E-state index >= 15 is 0 Å². The minimum absolute atomic E-state index is 0.0154. The van der Waals surface area contributed by atoms with Gasteiger partial charge in [-0.2, -0.15) is 4.99 Å². The van der Waals surface area contributed by atoms with Crippen LogP contribution in [-0.4, -0.2) is 30.7 Å². The first kappa shape index (κ1) is 19.8. The number of benzene rings is 2. The Bertz CT molecular complexity index is 1110. The van der Waals surface area contributed by atoms with Gasteiger partial charge in [0.15, 0.2) is 4.80 Å². The highest BCUT2D eigenvalue weighted by molar-refractivity contribution is 7.16. The number of nitrogens with zero attached hydrogens (tertiary/aromatic N) is 2. The number of methoxy groups -OCH3 is 2. The molecule has 0 atom stereocenters. The summed E-state index contributed by atoms with van der Waals surface area (Å²) in [4.78, 5) is 29.2. The van der Waals surface area contributed by atoms with E-state index in [0.717, 1.165) is 26.9 Å². The van der Waals surface area contributed by atoms with E-state index in [9.17, 15) is 9.59 Å². The molecule has 0 aliphatic rings. The minimum atomic E-state index is -0.404. The van der Waals surface area contributed by atoms with Gasteiger partial charge in [0.05, 0.1) is 30.9 Å². The van der Waals surface area contributed by atoms with Crippen LogP contribution < -0.4 is 9.54 Å². The van der Waals surface area contributed by atoms with Crippen LogP contribution in [0.1, 0.15) is 16.7 Å². The second kappa shape index (κ2) is 8.39. The van der Waals surface area contributed by atoms with Gasteiger partial charge in [0, 0.05) is 0 Å². The highest BCUT2D eigenvalue weighted by Crippen LogP contribution is 2.23. The first-order valence-electron chi connectivity index (χ1n) is 8.79. The van der Waals surface area contributed by atoms with Crippen molar-refractivity contribution < 1.29 is 19.1 Å². The van der Waals surface area contributed by atoms with Crippen molar-refractivity contribution in [2.45, 2.75) is 26.8 Å². The molecular formula is C21H22N2O4S. The molecule has 0 N–H and O–H groups in total. The summed E-state index contributed by atoms with van der Waals surface area (Å²) in [6, 6.07) is 11.5. The Morgan fingerprint density at radius 2 is 1.89 bits per heavy atom. The van der Waals surface area contributed by atoms with Crippen LogP contribution in [0.4, 0.5) is 0 Å². The number of esters is 1.